The van der Waals surface area contributed by atoms with Gasteiger partial charge in [-0.2, -0.15) is 0 Å². The van der Waals surface area contributed by atoms with Crippen molar-refractivity contribution in [1.82, 2.24) is 5.32 Å². The van der Waals surface area contributed by atoms with Gasteiger partial charge in [-0.15, -0.1) is 0 Å². The Balaban J connectivity index is 2.32. The van der Waals surface area contributed by atoms with E-state index < -0.39 is 12.1 Å². The minimum Gasteiger partial charge on any atom is -0.497 e. The molecule has 0 bridgehead atoms. The number of methoxy groups -OCH3 is 1. The molecule has 0 aliphatic carbocycles. The first kappa shape index (κ1) is 13.5. The van der Waals surface area contributed by atoms with Gasteiger partial charge in [0, 0.05) is 13.1 Å². The lowest BCUT2D eigenvalue weighted by atomic mass is 10.2. The topological polar surface area (TPSA) is 78.8 Å². The average Bonchev–Trinajstić information content (AvgIpc) is 2.28. The summed E-state index contributed by atoms with van der Waals surface area (Å²) in [4.78, 5) is 10.3. The van der Waals surface area contributed by atoms with E-state index in [1.807, 2.05) is 24.3 Å². The van der Waals surface area contributed by atoms with Crippen LogP contribution in [0.2, 0.25) is 0 Å². The molecule has 0 aromatic heterocycles. The van der Waals surface area contributed by atoms with Gasteiger partial charge in [-0.1, -0.05) is 12.1 Å². The van der Waals surface area contributed by atoms with E-state index in [0.717, 1.165) is 11.3 Å². The molecule has 94 valence electrons. The van der Waals surface area contributed by atoms with Crippen LogP contribution in [-0.2, 0) is 11.3 Å². The van der Waals surface area contributed by atoms with Crippen molar-refractivity contribution in [3.05, 3.63) is 29.8 Å². The van der Waals surface area contributed by atoms with E-state index in [9.17, 15) is 9.90 Å². The van der Waals surface area contributed by atoms with Crippen molar-refractivity contribution in [2.24, 2.45) is 0 Å². The molecule has 3 N–H and O–H groups in total. The molecule has 5 heteroatoms. The lowest BCUT2D eigenvalue weighted by molar-refractivity contribution is -0.139. The highest BCUT2D eigenvalue weighted by Gasteiger charge is 2.08. The number of hydrogen-bond acceptors (Lipinski definition) is 4. The maximum atomic E-state index is 10.3. The first-order valence-electron chi connectivity index (χ1n) is 5.35. The molecule has 1 unspecified atom stereocenters. The van der Waals surface area contributed by atoms with Crippen molar-refractivity contribution in [2.75, 3.05) is 13.7 Å². The number of aliphatic hydroxyl groups excluding tert-OH is 1. The molecule has 5 nitrogen and oxygen atoms in total. The van der Waals surface area contributed by atoms with E-state index in [4.69, 9.17) is 9.84 Å². The van der Waals surface area contributed by atoms with E-state index in [1.54, 1.807) is 7.11 Å². The van der Waals surface area contributed by atoms with Gasteiger partial charge in [0.2, 0.25) is 0 Å². The Morgan fingerprint density at radius 1 is 1.53 bits per heavy atom. The molecular weight excluding hydrogens is 222 g/mol. The number of benzene rings is 1. The van der Waals surface area contributed by atoms with Gasteiger partial charge < -0.3 is 20.3 Å². The number of hydrogen-bond donors (Lipinski definition) is 3. The fourth-order valence-corrected chi connectivity index (χ4v) is 1.44. The van der Waals surface area contributed by atoms with Crippen molar-refractivity contribution in [1.29, 1.82) is 0 Å². The van der Waals surface area contributed by atoms with Gasteiger partial charge in [0.05, 0.1) is 19.6 Å². The molecule has 0 fully saturated rings. The molecular formula is C12H17NO4. The van der Waals surface area contributed by atoms with Gasteiger partial charge in [-0.25, -0.2) is 0 Å². The number of aliphatic hydroxyl groups is 1. The van der Waals surface area contributed by atoms with Crippen LogP contribution in [0.1, 0.15) is 12.0 Å². The van der Waals surface area contributed by atoms with Gasteiger partial charge >= 0.3 is 5.97 Å². The lowest BCUT2D eigenvalue weighted by Gasteiger charge is -2.10. The summed E-state index contributed by atoms with van der Waals surface area (Å²) >= 11 is 0. The van der Waals surface area contributed by atoms with Gasteiger partial charge in [0.15, 0.2) is 0 Å². The highest BCUT2D eigenvalue weighted by Crippen LogP contribution is 2.12. The molecule has 1 atom stereocenters. The zero-order valence-electron chi connectivity index (χ0n) is 9.72. The fourth-order valence-electron chi connectivity index (χ4n) is 1.44. The van der Waals surface area contributed by atoms with Crippen LogP contribution < -0.4 is 10.1 Å². The molecule has 1 aromatic carbocycles. The van der Waals surface area contributed by atoms with Crippen LogP contribution in [0.4, 0.5) is 0 Å². The van der Waals surface area contributed by atoms with Crippen LogP contribution in [0.3, 0.4) is 0 Å². The van der Waals surface area contributed by atoms with E-state index in [2.05, 4.69) is 5.32 Å². The van der Waals surface area contributed by atoms with Crippen molar-refractivity contribution in [3.8, 4) is 5.75 Å². The Morgan fingerprint density at radius 2 is 2.29 bits per heavy atom. The zero-order chi connectivity index (χ0) is 12.7. The number of aliphatic carboxylic acids is 1. The molecule has 0 heterocycles. The molecule has 0 spiro atoms. The second-order valence-corrected chi connectivity index (χ2v) is 3.73. The van der Waals surface area contributed by atoms with Gasteiger partial charge in [-0.3, -0.25) is 4.79 Å². The van der Waals surface area contributed by atoms with Crippen molar-refractivity contribution in [3.63, 3.8) is 0 Å². The number of carboxylic acid groups (broad SMARTS) is 1. The molecule has 0 amide bonds. The maximum absolute atomic E-state index is 10.3. The summed E-state index contributed by atoms with van der Waals surface area (Å²) < 4.78 is 5.08. The van der Waals surface area contributed by atoms with Crippen LogP contribution in [-0.4, -0.2) is 35.9 Å². The summed E-state index contributed by atoms with van der Waals surface area (Å²) in [7, 11) is 1.60. The van der Waals surface area contributed by atoms with Crippen LogP contribution in [0.5, 0.6) is 5.75 Å². The van der Waals surface area contributed by atoms with E-state index in [0.29, 0.717) is 6.54 Å². The first-order chi connectivity index (χ1) is 8.11. The lowest BCUT2D eigenvalue weighted by Crippen LogP contribution is -2.28. The minimum atomic E-state index is -0.999. The maximum Gasteiger partial charge on any atom is 0.306 e. The van der Waals surface area contributed by atoms with E-state index >= 15 is 0 Å². The summed E-state index contributed by atoms with van der Waals surface area (Å²) in [5, 5.41) is 20.8. The van der Waals surface area contributed by atoms with Gasteiger partial charge in [0.1, 0.15) is 5.75 Å². The van der Waals surface area contributed by atoms with Crippen LogP contribution in [0, 0.1) is 0 Å². The van der Waals surface area contributed by atoms with Crippen LogP contribution >= 0.6 is 0 Å². The number of nitrogens with one attached hydrogen (secondary N) is 1. The Bertz CT molecular complexity index is 367. The number of ether oxygens (including phenoxy) is 1. The van der Waals surface area contributed by atoms with E-state index in [1.165, 1.54) is 0 Å². The van der Waals surface area contributed by atoms with Gasteiger partial charge in [0.25, 0.3) is 0 Å². The smallest absolute Gasteiger partial charge is 0.306 e. The molecule has 17 heavy (non-hydrogen) atoms. The third kappa shape index (κ3) is 5.33. The van der Waals surface area contributed by atoms with Crippen LogP contribution in [0.15, 0.2) is 24.3 Å². The predicted octanol–water partition coefficient (Wildman–Crippen LogP) is 0.620. The quantitative estimate of drug-likeness (QED) is 0.650. The molecule has 0 saturated carbocycles. The molecule has 0 saturated heterocycles. The number of carbonyl (C=O) groups is 1. The predicted molar refractivity (Wildman–Crippen MR) is 63.0 cm³/mol. The summed E-state index contributed by atoms with van der Waals surface area (Å²) in [6, 6.07) is 7.54. The highest BCUT2D eigenvalue weighted by atomic mass is 16.5. The van der Waals surface area contributed by atoms with Crippen molar-refractivity contribution < 1.29 is 19.7 Å². The number of rotatable bonds is 7. The SMILES string of the molecule is COc1cccc(CNCC(O)CC(=O)O)c1. The third-order valence-corrected chi connectivity index (χ3v) is 2.25. The monoisotopic (exact) mass is 239 g/mol. The normalized spacial score (nSPS) is 12.1. The Kier molecular flexibility index (Phi) is 5.45. The van der Waals surface area contributed by atoms with Crippen LogP contribution in [0.25, 0.3) is 0 Å². The van der Waals surface area contributed by atoms with Crippen molar-refractivity contribution >= 4 is 5.97 Å². The second-order valence-electron chi connectivity index (χ2n) is 3.73. The molecule has 0 radical (unpaired) electrons. The molecule has 1 aromatic rings. The second kappa shape index (κ2) is 6.88. The Labute approximate surface area is 100 Å². The Hall–Kier alpha value is -1.59. The summed E-state index contributed by atoms with van der Waals surface area (Å²) in [5.74, 6) is -0.226. The summed E-state index contributed by atoms with van der Waals surface area (Å²) in [6.07, 6.45) is -1.11. The molecule has 0 aliphatic heterocycles. The van der Waals surface area contributed by atoms with E-state index in [-0.39, 0.29) is 13.0 Å². The zero-order valence-corrected chi connectivity index (χ0v) is 9.72. The third-order valence-electron chi connectivity index (χ3n) is 2.25. The van der Waals surface area contributed by atoms with Crippen molar-refractivity contribution in [2.45, 2.75) is 19.1 Å². The summed E-state index contributed by atoms with van der Waals surface area (Å²) in [5.41, 5.74) is 1.02. The minimum absolute atomic E-state index is 0.245. The van der Waals surface area contributed by atoms with Gasteiger partial charge in [-0.05, 0) is 17.7 Å². The standard InChI is InChI=1S/C12H17NO4/c1-17-11-4-2-3-9(5-11)7-13-8-10(14)6-12(15)16/h2-5,10,13-14H,6-8H2,1H3,(H,15,16). The highest BCUT2D eigenvalue weighted by molar-refractivity contribution is 5.67. The molecule has 1 rings (SSSR count). The Morgan fingerprint density at radius 3 is 2.94 bits per heavy atom. The summed E-state index contributed by atoms with van der Waals surface area (Å²) in [6.45, 7) is 0.817. The largest absolute Gasteiger partial charge is 0.497 e. The first-order valence-corrected chi connectivity index (χ1v) is 5.35. The molecule has 0 aliphatic rings. The fraction of sp³-hybridized carbons (Fsp3) is 0.417. The average molecular weight is 239 g/mol. The number of carboxylic acids is 1.